The summed E-state index contributed by atoms with van der Waals surface area (Å²) in [6, 6.07) is 4.24. The van der Waals surface area contributed by atoms with Gasteiger partial charge in [0.25, 0.3) is 5.91 Å². The van der Waals surface area contributed by atoms with Gasteiger partial charge in [-0.15, -0.1) is 22.7 Å². The van der Waals surface area contributed by atoms with Crippen LogP contribution in [0.25, 0.3) is 0 Å². The van der Waals surface area contributed by atoms with Gasteiger partial charge in [0.2, 0.25) is 0 Å². The molecule has 1 amide bonds. The highest BCUT2D eigenvalue weighted by Gasteiger charge is 2.42. The van der Waals surface area contributed by atoms with E-state index in [9.17, 15) is 4.79 Å². The predicted octanol–water partition coefficient (Wildman–Crippen LogP) is 3.82. The summed E-state index contributed by atoms with van der Waals surface area (Å²) in [4.78, 5) is 17.0. The van der Waals surface area contributed by atoms with Gasteiger partial charge in [-0.3, -0.25) is 4.79 Å². The van der Waals surface area contributed by atoms with E-state index in [2.05, 4.69) is 11.4 Å². The molecule has 1 fully saturated rings. The maximum absolute atomic E-state index is 12.6. The van der Waals surface area contributed by atoms with Crippen LogP contribution in [-0.4, -0.2) is 30.5 Å². The number of aryl methyl sites for hydroxylation is 1. The Bertz CT molecular complexity index is 695. The molecule has 116 valence electrons. The molecular formula is C17H19NO2S2. The minimum atomic E-state index is -0.144. The fraction of sp³-hybridized carbons (Fsp3) is 0.471. The van der Waals surface area contributed by atoms with Crippen LogP contribution in [0.15, 0.2) is 22.9 Å². The van der Waals surface area contributed by atoms with Crippen LogP contribution in [0.5, 0.6) is 0 Å². The molecule has 4 rings (SSSR count). The van der Waals surface area contributed by atoms with E-state index in [-0.39, 0.29) is 11.5 Å². The average Bonchev–Trinajstić information content (AvgIpc) is 3.17. The monoisotopic (exact) mass is 333 g/mol. The van der Waals surface area contributed by atoms with Gasteiger partial charge in [-0.1, -0.05) is 0 Å². The van der Waals surface area contributed by atoms with E-state index in [0.717, 1.165) is 49.4 Å². The Labute approximate surface area is 138 Å². The quantitative estimate of drug-likeness (QED) is 0.794. The minimum absolute atomic E-state index is 0.144. The third-order valence-electron chi connectivity index (χ3n) is 4.86. The fourth-order valence-electron chi connectivity index (χ4n) is 3.58. The third-order valence-corrected chi connectivity index (χ3v) is 6.84. The standard InChI is InChI=1S/C17H19NO2S2/c1-12-3-10-22-15(12)16(19)18-7-5-17(6-8-18)13-4-11-21-14(13)2-9-20-17/h3-4,10-11H,2,5-9H2,1H3. The van der Waals surface area contributed by atoms with Crippen molar-refractivity contribution in [1.29, 1.82) is 0 Å². The lowest BCUT2D eigenvalue weighted by Gasteiger charge is -2.44. The lowest BCUT2D eigenvalue weighted by atomic mass is 9.82. The molecule has 0 atom stereocenters. The van der Waals surface area contributed by atoms with Crippen LogP contribution in [0.4, 0.5) is 0 Å². The van der Waals surface area contributed by atoms with Crippen LogP contribution in [0.2, 0.25) is 0 Å². The zero-order valence-electron chi connectivity index (χ0n) is 12.6. The van der Waals surface area contributed by atoms with E-state index in [1.165, 1.54) is 10.4 Å². The Balaban J connectivity index is 1.52. The second-order valence-electron chi connectivity index (χ2n) is 6.08. The van der Waals surface area contributed by atoms with E-state index >= 15 is 0 Å². The van der Waals surface area contributed by atoms with Crippen LogP contribution in [0, 0.1) is 6.92 Å². The normalized spacial score (nSPS) is 20.1. The Morgan fingerprint density at radius 1 is 1.23 bits per heavy atom. The molecule has 0 saturated carbocycles. The molecule has 0 aliphatic carbocycles. The first-order valence-electron chi connectivity index (χ1n) is 7.74. The van der Waals surface area contributed by atoms with Crippen molar-refractivity contribution < 1.29 is 9.53 Å². The summed E-state index contributed by atoms with van der Waals surface area (Å²) in [6.45, 7) is 4.39. The second-order valence-corrected chi connectivity index (χ2v) is 7.99. The number of carbonyl (C=O) groups excluding carboxylic acids is 1. The van der Waals surface area contributed by atoms with Gasteiger partial charge in [-0.05, 0) is 53.8 Å². The molecule has 0 N–H and O–H groups in total. The molecule has 22 heavy (non-hydrogen) atoms. The summed E-state index contributed by atoms with van der Waals surface area (Å²) >= 11 is 3.39. The molecule has 1 saturated heterocycles. The van der Waals surface area contributed by atoms with Crippen LogP contribution < -0.4 is 0 Å². The highest BCUT2D eigenvalue weighted by atomic mass is 32.1. The Kier molecular flexibility index (Phi) is 3.59. The second kappa shape index (κ2) is 5.48. The maximum Gasteiger partial charge on any atom is 0.264 e. The molecule has 2 aromatic rings. The number of ether oxygens (including phenoxy) is 1. The summed E-state index contributed by atoms with van der Waals surface area (Å²) in [5.74, 6) is 0.184. The molecule has 2 aromatic heterocycles. The number of fused-ring (bicyclic) bond motifs is 2. The van der Waals surface area contributed by atoms with Crippen LogP contribution in [-0.2, 0) is 16.8 Å². The number of hydrogen-bond donors (Lipinski definition) is 0. The summed E-state index contributed by atoms with van der Waals surface area (Å²) in [5, 5.41) is 4.17. The zero-order chi connectivity index (χ0) is 15.2. The Morgan fingerprint density at radius 3 is 2.73 bits per heavy atom. The van der Waals surface area contributed by atoms with Crippen LogP contribution in [0.1, 0.15) is 38.5 Å². The van der Waals surface area contributed by atoms with Crippen molar-refractivity contribution in [1.82, 2.24) is 4.90 Å². The van der Waals surface area contributed by atoms with Crippen molar-refractivity contribution in [2.45, 2.75) is 31.8 Å². The van der Waals surface area contributed by atoms with E-state index < -0.39 is 0 Å². The predicted molar refractivity (Wildman–Crippen MR) is 89.8 cm³/mol. The first kappa shape index (κ1) is 14.4. The molecule has 0 aromatic carbocycles. The number of thiophene rings is 2. The van der Waals surface area contributed by atoms with Gasteiger partial charge in [0.15, 0.2) is 0 Å². The van der Waals surface area contributed by atoms with Crippen molar-refractivity contribution in [3.8, 4) is 0 Å². The zero-order valence-corrected chi connectivity index (χ0v) is 14.3. The van der Waals surface area contributed by atoms with Crippen molar-refractivity contribution in [2.24, 2.45) is 0 Å². The molecule has 2 aliphatic heterocycles. The fourth-order valence-corrected chi connectivity index (χ4v) is 5.42. The van der Waals surface area contributed by atoms with E-state index in [1.54, 1.807) is 11.3 Å². The van der Waals surface area contributed by atoms with Gasteiger partial charge >= 0.3 is 0 Å². The van der Waals surface area contributed by atoms with Crippen molar-refractivity contribution in [2.75, 3.05) is 19.7 Å². The van der Waals surface area contributed by atoms with E-state index in [1.807, 2.05) is 34.6 Å². The first-order valence-corrected chi connectivity index (χ1v) is 9.50. The van der Waals surface area contributed by atoms with E-state index in [4.69, 9.17) is 4.74 Å². The molecule has 1 spiro atoms. The smallest absolute Gasteiger partial charge is 0.264 e. The van der Waals surface area contributed by atoms with Gasteiger partial charge < -0.3 is 9.64 Å². The SMILES string of the molecule is Cc1ccsc1C(=O)N1CCC2(CC1)OCCc1sccc12. The Morgan fingerprint density at radius 2 is 2.00 bits per heavy atom. The van der Waals surface area contributed by atoms with Crippen molar-refractivity contribution >= 4 is 28.6 Å². The highest BCUT2D eigenvalue weighted by Crippen LogP contribution is 2.43. The largest absolute Gasteiger partial charge is 0.370 e. The third kappa shape index (κ3) is 2.23. The lowest BCUT2D eigenvalue weighted by molar-refractivity contribution is -0.0926. The number of rotatable bonds is 1. The molecule has 5 heteroatoms. The van der Waals surface area contributed by atoms with Crippen LogP contribution in [0.3, 0.4) is 0 Å². The molecule has 0 bridgehead atoms. The number of amides is 1. The summed E-state index contributed by atoms with van der Waals surface area (Å²) < 4.78 is 6.21. The molecular weight excluding hydrogens is 314 g/mol. The maximum atomic E-state index is 12.6. The number of carbonyl (C=O) groups is 1. The molecule has 3 nitrogen and oxygen atoms in total. The highest BCUT2D eigenvalue weighted by molar-refractivity contribution is 7.12. The minimum Gasteiger partial charge on any atom is -0.370 e. The van der Waals surface area contributed by atoms with Crippen molar-refractivity contribution in [3.63, 3.8) is 0 Å². The van der Waals surface area contributed by atoms with Crippen molar-refractivity contribution in [3.05, 3.63) is 43.8 Å². The number of nitrogens with zero attached hydrogens (tertiary/aromatic N) is 1. The van der Waals surface area contributed by atoms with Gasteiger partial charge in [0, 0.05) is 24.4 Å². The summed E-state index contributed by atoms with van der Waals surface area (Å²) in [5.41, 5.74) is 2.32. The van der Waals surface area contributed by atoms with Gasteiger partial charge in [-0.2, -0.15) is 0 Å². The average molecular weight is 333 g/mol. The number of hydrogen-bond acceptors (Lipinski definition) is 4. The van der Waals surface area contributed by atoms with Crippen LogP contribution >= 0.6 is 22.7 Å². The van der Waals surface area contributed by atoms with Gasteiger partial charge in [-0.25, -0.2) is 0 Å². The number of piperidine rings is 1. The topological polar surface area (TPSA) is 29.5 Å². The first-order chi connectivity index (χ1) is 10.7. The molecule has 4 heterocycles. The molecule has 0 radical (unpaired) electrons. The van der Waals surface area contributed by atoms with E-state index in [0.29, 0.717) is 0 Å². The lowest BCUT2D eigenvalue weighted by Crippen LogP contribution is -2.48. The molecule has 2 aliphatic rings. The Hall–Kier alpha value is -1.17. The summed E-state index contributed by atoms with van der Waals surface area (Å²) in [7, 11) is 0. The number of likely N-dealkylation sites (tertiary alicyclic amines) is 1. The van der Waals surface area contributed by atoms with Gasteiger partial charge in [0.05, 0.1) is 17.1 Å². The summed E-state index contributed by atoms with van der Waals surface area (Å²) in [6.07, 6.45) is 2.85. The molecule has 0 unspecified atom stereocenters. The van der Waals surface area contributed by atoms with Gasteiger partial charge in [0.1, 0.15) is 0 Å².